The van der Waals surface area contributed by atoms with Gasteiger partial charge in [-0.1, -0.05) is 0 Å². The zero-order valence-electron chi connectivity index (χ0n) is 7.99. The molecule has 2 aliphatic rings. The smallest absolute Gasteiger partial charge is 0.148 e. The first-order valence-corrected chi connectivity index (χ1v) is 5.00. The Morgan fingerprint density at radius 1 is 1.43 bits per heavy atom. The van der Waals surface area contributed by atoms with Crippen LogP contribution in [0.3, 0.4) is 0 Å². The summed E-state index contributed by atoms with van der Waals surface area (Å²) in [5.41, 5.74) is 8.07. The van der Waals surface area contributed by atoms with Crippen LogP contribution in [0.15, 0.2) is 6.20 Å². The number of nitrogens with zero attached hydrogens (tertiary/aromatic N) is 2. The maximum Gasteiger partial charge on any atom is 0.148 e. The Bertz CT molecular complexity index is 374. The van der Waals surface area contributed by atoms with Gasteiger partial charge in [-0.2, -0.15) is 0 Å². The Morgan fingerprint density at radius 2 is 2.29 bits per heavy atom. The van der Waals surface area contributed by atoms with Gasteiger partial charge in [-0.15, -0.1) is 0 Å². The summed E-state index contributed by atoms with van der Waals surface area (Å²) in [7, 11) is 0. The molecule has 0 amide bonds. The molecule has 1 aromatic heterocycles. The highest BCUT2D eigenvalue weighted by Gasteiger charge is 2.43. The molecule has 1 fully saturated rings. The minimum absolute atomic E-state index is 0.215. The third kappa shape index (κ3) is 1.22. The fourth-order valence-electron chi connectivity index (χ4n) is 1.73. The average molecular weight is 191 g/mol. The van der Waals surface area contributed by atoms with Crippen LogP contribution < -0.4 is 5.73 Å². The van der Waals surface area contributed by atoms with Crippen molar-refractivity contribution in [3.63, 3.8) is 0 Å². The molecule has 0 radical (unpaired) electrons. The SMILES string of the molecule is NC1(c2ncc3c(n2)CCOC3)CC1. The van der Waals surface area contributed by atoms with Gasteiger partial charge < -0.3 is 10.5 Å². The Labute approximate surface area is 82.5 Å². The minimum atomic E-state index is -0.215. The number of nitrogens with two attached hydrogens (primary N) is 1. The van der Waals surface area contributed by atoms with Crippen molar-refractivity contribution in [3.8, 4) is 0 Å². The van der Waals surface area contributed by atoms with E-state index in [-0.39, 0.29) is 5.54 Å². The van der Waals surface area contributed by atoms with Gasteiger partial charge in [0.1, 0.15) is 5.82 Å². The summed E-state index contributed by atoms with van der Waals surface area (Å²) in [5.74, 6) is 0.818. The molecule has 0 atom stereocenters. The minimum Gasteiger partial charge on any atom is -0.376 e. The highest BCUT2D eigenvalue weighted by atomic mass is 16.5. The van der Waals surface area contributed by atoms with Gasteiger partial charge in [-0.25, -0.2) is 9.97 Å². The van der Waals surface area contributed by atoms with Crippen LogP contribution in [0.1, 0.15) is 29.9 Å². The third-order valence-electron chi connectivity index (χ3n) is 2.93. The normalized spacial score (nSPS) is 22.9. The molecule has 2 heterocycles. The van der Waals surface area contributed by atoms with E-state index in [1.807, 2.05) is 6.20 Å². The fraction of sp³-hybridized carbons (Fsp3) is 0.600. The van der Waals surface area contributed by atoms with E-state index in [1.165, 1.54) is 0 Å². The van der Waals surface area contributed by atoms with E-state index in [1.54, 1.807) is 0 Å². The third-order valence-corrected chi connectivity index (χ3v) is 2.93. The first kappa shape index (κ1) is 8.32. The fourth-order valence-corrected chi connectivity index (χ4v) is 1.73. The van der Waals surface area contributed by atoms with E-state index < -0.39 is 0 Å². The first-order chi connectivity index (χ1) is 6.78. The van der Waals surface area contributed by atoms with Crippen molar-refractivity contribution in [1.29, 1.82) is 0 Å². The standard InChI is InChI=1S/C10H13N3O/c11-10(2-3-10)9-12-5-7-6-14-4-1-8(7)13-9/h5H,1-4,6,11H2. The molecule has 0 spiro atoms. The molecule has 2 N–H and O–H groups in total. The topological polar surface area (TPSA) is 61.0 Å². The van der Waals surface area contributed by atoms with Crippen molar-refractivity contribution in [2.24, 2.45) is 5.73 Å². The predicted octanol–water partition coefficient (Wildman–Crippen LogP) is 0.497. The zero-order valence-corrected chi connectivity index (χ0v) is 7.99. The molecular formula is C10H13N3O. The van der Waals surface area contributed by atoms with Crippen LogP contribution in [0.5, 0.6) is 0 Å². The Morgan fingerprint density at radius 3 is 3.07 bits per heavy atom. The molecule has 0 aromatic carbocycles. The molecule has 1 aliphatic heterocycles. The summed E-state index contributed by atoms with van der Waals surface area (Å²) in [6.07, 6.45) is 4.79. The molecule has 0 bridgehead atoms. The van der Waals surface area contributed by atoms with Crippen LogP contribution in [0, 0.1) is 0 Å². The number of rotatable bonds is 1. The zero-order chi connectivity index (χ0) is 9.60. The van der Waals surface area contributed by atoms with Crippen LogP contribution >= 0.6 is 0 Å². The second-order valence-corrected chi connectivity index (χ2v) is 4.12. The van der Waals surface area contributed by atoms with Crippen LogP contribution in [-0.2, 0) is 23.3 Å². The number of fused-ring (bicyclic) bond motifs is 1. The van der Waals surface area contributed by atoms with Crippen molar-refractivity contribution in [1.82, 2.24) is 9.97 Å². The monoisotopic (exact) mass is 191 g/mol. The van der Waals surface area contributed by atoms with E-state index in [4.69, 9.17) is 10.5 Å². The lowest BCUT2D eigenvalue weighted by Gasteiger charge is -2.17. The van der Waals surface area contributed by atoms with Crippen molar-refractivity contribution in [2.75, 3.05) is 6.61 Å². The molecule has 4 nitrogen and oxygen atoms in total. The van der Waals surface area contributed by atoms with Crippen LogP contribution in [-0.4, -0.2) is 16.6 Å². The number of ether oxygens (including phenoxy) is 1. The van der Waals surface area contributed by atoms with Crippen LogP contribution in [0.2, 0.25) is 0 Å². The summed E-state index contributed by atoms with van der Waals surface area (Å²) in [6, 6.07) is 0. The van der Waals surface area contributed by atoms with E-state index in [0.717, 1.165) is 43.0 Å². The molecule has 14 heavy (non-hydrogen) atoms. The molecule has 1 aromatic rings. The van der Waals surface area contributed by atoms with E-state index in [2.05, 4.69) is 9.97 Å². The van der Waals surface area contributed by atoms with Gasteiger partial charge in [0.15, 0.2) is 0 Å². The highest BCUT2D eigenvalue weighted by Crippen LogP contribution is 2.40. The van der Waals surface area contributed by atoms with Crippen molar-refractivity contribution >= 4 is 0 Å². The summed E-state index contributed by atoms with van der Waals surface area (Å²) in [6.45, 7) is 1.41. The van der Waals surface area contributed by atoms with Crippen LogP contribution in [0.25, 0.3) is 0 Å². The van der Waals surface area contributed by atoms with Gasteiger partial charge in [0, 0.05) is 18.2 Å². The number of hydrogen-bond acceptors (Lipinski definition) is 4. The number of aromatic nitrogens is 2. The molecule has 0 saturated heterocycles. The second-order valence-electron chi connectivity index (χ2n) is 4.12. The summed E-state index contributed by atoms with van der Waals surface area (Å²) < 4.78 is 5.33. The van der Waals surface area contributed by atoms with E-state index in [0.29, 0.717) is 6.61 Å². The Kier molecular flexibility index (Phi) is 1.63. The van der Waals surface area contributed by atoms with Gasteiger partial charge in [-0.05, 0) is 12.8 Å². The summed E-state index contributed by atoms with van der Waals surface area (Å²) >= 11 is 0. The van der Waals surface area contributed by atoms with Crippen molar-refractivity contribution < 1.29 is 4.74 Å². The molecule has 3 rings (SSSR count). The van der Waals surface area contributed by atoms with Gasteiger partial charge in [-0.3, -0.25) is 0 Å². The maximum absolute atomic E-state index is 6.04. The second kappa shape index (κ2) is 2.74. The van der Waals surface area contributed by atoms with E-state index >= 15 is 0 Å². The lowest BCUT2D eigenvalue weighted by Crippen LogP contribution is -2.24. The first-order valence-electron chi connectivity index (χ1n) is 5.00. The van der Waals surface area contributed by atoms with Gasteiger partial charge >= 0.3 is 0 Å². The maximum atomic E-state index is 6.04. The van der Waals surface area contributed by atoms with Crippen LogP contribution in [0.4, 0.5) is 0 Å². The highest BCUT2D eigenvalue weighted by molar-refractivity contribution is 5.23. The molecule has 4 heteroatoms. The van der Waals surface area contributed by atoms with Gasteiger partial charge in [0.25, 0.3) is 0 Å². The molecule has 1 aliphatic carbocycles. The summed E-state index contributed by atoms with van der Waals surface area (Å²) in [5, 5.41) is 0. The molecular weight excluding hydrogens is 178 g/mol. The van der Waals surface area contributed by atoms with Crippen molar-refractivity contribution in [3.05, 3.63) is 23.3 Å². The van der Waals surface area contributed by atoms with Gasteiger partial charge in [0.2, 0.25) is 0 Å². The quantitative estimate of drug-likeness (QED) is 0.702. The summed E-state index contributed by atoms with van der Waals surface area (Å²) in [4.78, 5) is 8.84. The van der Waals surface area contributed by atoms with Gasteiger partial charge in [0.05, 0.1) is 24.4 Å². The molecule has 0 unspecified atom stereocenters. The number of hydrogen-bond donors (Lipinski definition) is 1. The molecule has 74 valence electrons. The van der Waals surface area contributed by atoms with Crippen molar-refractivity contribution in [2.45, 2.75) is 31.4 Å². The van der Waals surface area contributed by atoms with E-state index in [9.17, 15) is 0 Å². The largest absolute Gasteiger partial charge is 0.376 e. The molecule has 1 saturated carbocycles. The Hall–Kier alpha value is -1.00. The lowest BCUT2D eigenvalue weighted by atomic mass is 10.1. The predicted molar refractivity (Wildman–Crippen MR) is 50.5 cm³/mol. The Balaban J connectivity index is 2.01. The average Bonchev–Trinajstić information content (AvgIpc) is 2.97. The lowest BCUT2D eigenvalue weighted by molar-refractivity contribution is 0.108.